The molecule has 0 unspecified atom stereocenters. The molecule has 106 valence electrons. The van der Waals surface area contributed by atoms with E-state index in [2.05, 4.69) is 9.89 Å². The fraction of sp³-hybridized carbons (Fsp3) is 0.125. The quantitative estimate of drug-likeness (QED) is 0.793. The van der Waals surface area contributed by atoms with E-state index in [0.29, 0.717) is 0 Å². The molecule has 3 nitrogen and oxygen atoms in total. The molecule has 2 aromatic carbocycles. The van der Waals surface area contributed by atoms with Gasteiger partial charge in [0.25, 0.3) is 0 Å². The van der Waals surface area contributed by atoms with Crippen molar-refractivity contribution in [3.05, 3.63) is 59.7 Å². The maximum Gasteiger partial charge on any atom is 0.193 e. The molecule has 0 aliphatic carbocycles. The second kappa shape index (κ2) is 5.54. The van der Waals surface area contributed by atoms with E-state index in [1.54, 1.807) is 11.8 Å². The van der Waals surface area contributed by atoms with Crippen molar-refractivity contribution in [2.24, 2.45) is 4.99 Å². The van der Waals surface area contributed by atoms with Gasteiger partial charge in [0.15, 0.2) is 11.0 Å². The number of halogens is 1. The highest BCUT2D eigenvalue weighted by atomic mass is 35.5. The van der Waals surface area contributed by atoms with E-state index in [1.165, 1.54) is 4.90 Å². The molecule has 2 heterocycles. The van der Waals surface area contributed by atoms with Gasteiger partial charge in [-0.15, -0.1) is 12.4 Å². The van der Waals surface area contributed by atoms with Crippen LogP contribution in [0.1, 0.15) is 15.9 Å². The van der Waals surface area contributed by atoms with E-state index in [1.807, 2.05) is 48.5 Å². The zero-order valence-electron chi connectivity index (χ0n) is 11.2. The average molecular weight is 317 g/mol. The van der Waals surface area contributed by atoms with Crippen LogP contribution in [-0.2, 0) is 0 Å². The molecule has 4 rings (SSSR count). The molecule has 0 bridgehead atoms. The van der Waals surface area contributed by atoms with Gasteiger partial charge in [0.1, 0.15) is 0 Å². The Hall–Kier alpha value is -1.78. The highest BCUT2D eigenvalue weighted by Crippen LogP contribution is 2.42. The molecule has 0 spiro atoms. The summed E-state index contributed by atoms with van der Waals surface area (Å²) >= 11 is 1.69. The van der Waals surface area contributed by atoms with Crippen molar-refractivity contribution in [2.45, 2.75) is 4.90 Å². The molecule has 0 aromatic heterocycles. The van der Waals surface area contributed by atoms with Crippen LogP contribution in [0.25, 0.3) is 0 Å². The van der Waals surface area contributed by atoms with Crippen LogP contribution in [0.2, 0.25) is 0 Å². The van der Waals surface area contributed by atoms with Gasteiger partial charge in [0.2, 0.25) is 0 Å². The largest absolute Gasteiger partial charge is 0.318 e. The maximum atomic E-state index is 12.5. The molecular formula is C16H13ClN2OS. The van der Waals surface area contributed by atoms with E-state index in [-0.39, 0.29) is 18.2 Å². The minimum atomic E-state index is 0. The van der Waals surface area contributed by atoms with Crippen LogP contribution < -0.4 is 4.90 Å². The molecular weight excluding hydrogens is 304 g/mol. The van der Waals surface area contributed by atoms with Crippen molar-refractivity contribution in [3.63, 3.8) is 0 Å². The van der Waals surface area contributed by atoms with E-state index in [0.717, 1.165) is 35.1 Å². The molecule has 0 fully saturated rings. The minimum absolute atomic E-state index is 0. The van der Waals surface area contributed by atoms with Crippen molar-refractivity contribution < 1.29 is 4.79 Å². The first-order valence-corrected chi connectivity index (χ1v) is 7.38. The molecule has 0 saturated heterocycles. The van der Waals surface area contributed by atoms with Crippen molar-refractivity contribution in [3.8, 4) is 0 Å². The topological polar surface area (TPSA) is 32.7 Å². The lowest BCUT2D eigenvalue weighted by Gasteiger charge is -2.13. The molecule has 0 N–H and O–H groups in total. The number of hydrogen-bond acceptors (Lipinski definition) is 4. The van der Waals surface area contributed by atoms with Gasteiger partial charge in [-0.1, -0.05) is 30.3 Å². The highest BCUT2D eigenvalue weighted by Gasteiger charge is 2.30. The van der Waals surface area contributed by atoms with Gasteiger partial charge in [-0.25, -0.2) is 0 Å². The van der Waals surface area contributed by atoms with Crippen molar-refractivity contribution in [1.29, 1.82) is 0 Å². The predicted molar refractivity (Wildman–Crippen MR) is 89.1 cm³/mol. The third kappa shape index (κ3) is 2.34. The van der Waals surface area contributed by atoms with Crippen LogP contribution in [0.4, 0.5) is 5.69 Å². The number of thioether (sulfide) groups is 1. The normalized spacial score (nSPS) is 15.0. The van der Waals surface area contributed by atoms with E-state index >= 15 is 0 Å². The molecule has 21 heavy (non-hydrogen) atoms. The number of aliphatic imine (C=N–C) groups is 1. The second-order valence-corrected chi connectivity index (χ2v) is 5.80. The second-order valence-electron chi connectivity index (χ2n) is 4.80. The van der Waals surface area contributed by atoms with Crippen LogP contribution in [0.5, 0.6) is 0 Å². The molecule has 2 aliphatic heterocycles. The van der Waals surface area contributed by atoms with Crippen LogP contribution in [0.3, 0.4) is 0 Å². The summed E-state index contributed by atoms with van der Waals surface area (Å²) in [6.45, 7) is 1.76. The Morgan fingerprint density at radius 2 is 1.90 bits per heavy atom. The summed E-state index contributed by atoms with van der Waals surface area (Å²) < 4.78 is 0. The van der Waals surface area contributed by atoms with Crippen molar-refractivity contribution in [2.75, 3.05) is 18.0 Å². The van der Waals surface area contributed by atoms with Crippen LogP contribution in [-0.4, -0.2) is 24.0 Å². The van der Waals surface area contributed by atoms with Crippen molar-refractivity contribution in [1.82, 2.24) is 0 Å². The average Bonchev–Trinajstić information content (AvgIpc) is 3.07. The van der Waals surface area contributed by atoms with E-state index < -0.39 is 0 Å². The van der Waals surface area contributed by atoms with Crippen LogP contribution >= 0.6 is 24.2 Å². The minimum Gasteiger partial charge on any atom is -0.318 e. The van der Waals surface area contributed by atoms with Crippen LogP contribution in [0, 0.1) is 0 Å². The fourth-order valence-electron chi connectivity index (χ4n) is 2.55. The maximum absolute atomic E-state index is 12.5. The number of fused-ring (bicyclic) bond motifs is 3. The third-order valence-electron chi connectivity index (χ3n) is 3.55. The number of carbonyl (C=O) groups excluding carboxylic acids is 1. The molecule has 0 saturated carbocycles. The Labute approximate surface area is 133 Å². The third-order valence-corrected chi connectivity index (χ3v) is 4.65. The number of nitrogens with zero attached hydrogens (tertiary/aromatic N) is 2. The van der Waals surface area contributed by atoms with E-state index in [9.17, 15) is 4.79 Å². The number of anilines is 1. The summed E-state index contributed by atoms with van der Waals surface area (Å²) in [5.41, 5.74) is 2.59. The predicted octanol–water partition coefficient (Wildman–Crippen LogP) is 3.62. The lowest BCUT2D eigenvalue weighted by Crippen LogP contribution is -2.20. The Morgan fingerprint density at radius 3 is 2.71 bits per heavy atom. The Balaban J connectivity index is 0.00000132. The highest BCUT2D eigenvalue weighted by molar-refractivity contribution is 8.14. The number of ketones is 1. The Morgan fingerprint density at radius 1 is 1.10 bits per heavy atom. The monoisotopic (exact) mass is 316 g/mol. The summed E-state index contributed by atoms with van der Waals surface area (Å²) in [4.78, 5) is 20.3. The number of amidine groups is 1. The van der Waals surface area contributed by atoms with Gasteiger partial charge in [0, 0.05) is 22.6 Å². The summed E-state index contributed by atoms with van der Waals surface area (Å²) in [6, 6.07) is 15.3. The Kier molecular flexibility index (Phi) is 3.74. The standard InChI is InChI=1S/C16H12N2OS.ClH/c19-15(11-4-2-1-3-5-11)12-6-7-14-13(10-12)18-9-8-17-16(18)20-14;/h1-7,10H,8-9H2;1H. The van der Waals surface area contributed by atoms with Crippen molar-refractivity contribution >= 4 is 40.8 Å². The van der Waals surface area contributed by atoms with E-state index in [4.69, 9.17) is 0 Å². The number of carbonyl (C=O) groups is 1. The molecule has 5 heteroatoms. The zero-order chi connectivity index (χ0) is 13.5. The molecule has 2 aromatic rings. The van der Waals surface area contributed by atoms with Gasteiger partial charge in [-0.05, 0) is 30.0 Å². The number of hydrogen-bond donors (Lipinski definition) is 0. The summed E-state index contributed by atoms with van der Waals surface area (Å²) in [6.07, 6.45) is 0. The van der Waals surface area contributed by atoms with Gasteiger partial charge >= 0.3 is 0 Å². The van der Waals surface area contributed by atoms with Gasteiger partial charge in [-0.2, -0.15) is 0 Å². The first-order chi connectivity index (χ1) is 9.83. The van der Waals surface area contributed by atoms with Gasteiger partial charge < -0.3 is 4.90 Å². The van der Waals surface area contributed by atoms with Gasteiger partial charge in [0.05, 0.1) is 12.2 Å². The lowest BCUT2D eigenvalue weighted by atomic mass is 10.0. The first-order valence-electron chi connectivity index (χ1n) is 6.56. The molecule has 0 radical (unpaired) electrons. The first kappa shape index (κ1) is 14.2. The smallest absolute Gasteiger partial charge is 0.193 e. The summed E-state index contributed by atoms with van der Waals surface area (Å²) in [5.74, 6) is 0.0722. The van der Waals surface area contributed by atoms with Crippen LogP contribution in [0.15, 0.2) is 58.4 Å². The SMILES string of the molecule is Cl.O=C(c1ccccc1)c1ccc2c(c1)N1CCN=C1S2. The fourth-order valence-corrected chi connectivity index (χ4v) is 3.61. The molecule has 0 atom stereocenters. The molecule has 0 amide bonds. The molecule has 2 aliphatic rings. The van der Waals surface area contributed by atoms with Gasteiger partial charge in [-0.3, -0.25) is 9.79 Å². The summed E-state index contributed by atoms with van der Waals surface area (Å²) in [5, 5.41) is 1.06. The lowest BCUT2D eigenvalue weighted by molar-refractivity contribution is 0.103. The number of rotatable bonds is 2. The number of benzene rings is 2. The summed E-state index contributed by atoms with van der Waals surface area (Å²) in [7, 11) is 0. The Bertz CT molecular complexity index is 730. The zero-order valence-corrected chi connectivity index (χ0v) is 12.8.